The molecule has 0 heterocycles. The van der Waals surface area contributed by atoms with Crippen molar-refractivity contribution < 1.29 is 19.6 Å². The summed E-state index contributed by atoms with van der Waals surface area (Å²) < 4.78 is 0. The Balaban J connectivity index is 2.76. The minimum absolute atomic E-state index is 0.0354. The number of anilines is 1. The van der Waals surface area contributed by atoms with E-state index in [1.807, 2.05) is 0 Å². The van der Waals surface area contributed by atoms with Crippen LogP contribution in [0.15, 0.2) is 18.2 Å². The number of carboxylic acids is 1. The molecule has 7 heteroatoms. The molecule has 0 aliphatic rings. The van der Waals surface area contributed by atoms with Gasteiger partial charge in [0.25, 0.3) is 5.69 Å². The Morgan fingerprint density at radius 1 is 1.42 bits per heavy atom. The molecule has 0 atom stereocenters. The van der Waals surface area contributed by atoms with E-state index in [1.165, 1.54) is 25.1 Å². The summed E-state index contributed by atoms with van der Waals surface area (Å²) in [5.74, 6) is -1.27. The third kappa shape index (κ3) is 4.38. The lowest BCUT2D eigenvalue weighted by Gasteiger charge is -2.07. The molecule has 0 fully saturated rings. The first-order valence-corrected chi connectivity index (χ1v) is 5.67. The normalized spacial score (nSPS) is 9.95. The zero-order valence-electron chi connectivity index (χ0n) is 10.4. The number of benzene rings is 1. The van der Waals surface area contributed by atoms with E-state index < -0.39 is 10.9 Å². The van der Waals surface area contributed by atoms with Crippen molar-refractivity contribution in [1.29, 1.82) is 0 Å². The Labute approximate surface area is 109 Å². The lowest BCUT2D eigenvalue weighted by atomic mass is 10.1. The Hall–Kier alpha value is -2.44. The van der Waals surface area contributed by atoms with E-state index in [0.29, 0.717) is 18.7 Å². The number of hydrogen-bond acceptors (Lipinski definition) is 5. The minimum atomic E-state index is -0.880. The Morgan fingerprint density at radius 2 is 2.11 bits per heavy atom. The fraction of sp³-hybridized carbons (Fsp3) is 0.333. The maximum Gasteiger partial charge on any atom is 0.303 e. The van der Waals surface area contributed by atoms with Crippen LogP contribution in [0.25, 0.3) is 0 Å². The molecule has 0 aromatic heterocycles. The first-order chi connectivity index (χ1) is 8.91. The summed E-state index contributed by atoms with van der Waals surface area (Å²) in [5.41, 5.74) is 0.359. The highest BCUT2D eigenvalue weighted by atomic mass is 16.6. The highest BCUT2D eigenvalue weighted by molar-refractivity contribution is 5.99. The van der Waals surface area contributed by atoms with E-state index in [2.05, 4.69) is 5.32 Å². The molecule has 0 radical (unpaired) electrons. The second-order valence-electron chi connectivity index (χ2n) is 3.97. The van der Waals surface area contributed by atoms with Crippen molar-refractivity contribution in [3.8, 4) is 0 Å². The molecular formula is C12H14N2O5. The van der Waals surface area contributed by atoms with Crippen LogP contribution in [0.5, 0.6) is 0 Å². The Morgan fingerprint density at radius 3 is 2.63 bits per heavy atom. The predicted octanol–water partition coefficient (Wildman–Crippen LogP) is 2.07. The summed E-state index contributed by atoms with van der Waals surface area (Å²) in [6.45, 7) is 1.68. The van der Waals surface area contributed by atoms with Crippen molar-refractivity contribution in [2.45, 2.75) is 19.8 Å². The molecule has 0 saturated carbocycles. The number of hydrogen-bond donors (Lipinski definition) is 2. The van der Waals surface area contributed by atoms with Crippen LogP contribution in [0.2, 0.25) is 0 Å². The van der Waals surface area contributed by atoms with Gasteiger partial charge in [-0.15, -0.1) is 0 Å². The lowest BCUT2D eigenvalue weighted by molar-refractivity contribution is -0.385. The first kappa shape index (κ1) is 14.6. The lowest BCUT2D eigenvalue weighted by Crippen LogP contribution is -2.06. The van der Waals surface area contributed by atoms with Crippen molar-refractivity contribution in [3.63, 3.8) is 0 Å². The van der Waals surface area contributed by atoms with Gasteiger partial charge < -0.3 is 10.4 Å². The monoisotopic (exact) mass is 266 g/mol. The molecule has 0 aliphatic carbocycles. The maximum absolute atomic E-state index is 11.3. The van der Waals surface area contributed by atoms with Crippen molar-refractivity contribution in [1.82, 2.24) is 0 Å². The summed E-state index contributed by atoms with van der Waals surface area (Å²) in [6.07, 6.45) is 0.473. The molecule has 0 spiro atoms. The van der Waals surface area contributed by atoms with Crippen LogP contribution >= 0.6 is 0 Å². The van der Waals surface area contributed by atoms with Crippen molar-refractivity contribution in [3.05, 3.63) is 33.9 Å². The number of nitro benzene ring substituents is 1. The molecular weight excluding hydrogens is 252 g/mol. The van der Waals surface area contributed by atoms with Crippen LogP contribution in [0, 0.1) is 10.1 Å². The molecule has 102 valence electrons. The maximum atomic E-state index is 11.3. The van der Waals surface area contributed by atoms with Gasteiger partial charge in [-0.25, -0.2) is 0 Å². The molecule has 2 N–H and O–H groups in total. The number of Topliss-reactive ketones (excluding diaryl/α,β-unsaturated/α-hetero) is 1. The summed E-state index contributed by atoms with van der Waals surface area (Å²) in [5, 5.41) is 22.1. The van der Waals surface area contributed by atoms with Gasteiger partial charge in [0.05, 0.1) is 10.5 Å². The number of ketones is 1. The number of aliphatic carboxylic acids is 1. The largest absolute Gasteiger partial charge is 0.481 e. The average Bonchev–Trinajstić information content (AvgIpc) is 2.33. The standard InChI is InChI=1S/C12H14N2O5/c1-8(15)10-7-9(4-5-11(10)14(18)19)13-6-2-3-12(16)17/h4-5,7,13H,2-3,6H2,1H3,(H,16,17). The van der Waals surface area contributed by atoms with Crippen molar-refractivity contribution >= 4 is 23.1 Å². The van der Waals surface area contributed by atoms with Gasteiger partial charge in [0, 0.05) is 24.7 Å². The highest BCUT2D eigenvalue weighted by Gasteiger charge is 2.17. The zero-order valence-corrected chi connectivity index (χ0v) is 10.4. The molecule has 1 rings (SSSR count). The third-order valence-electron chi connectivity index (χ3n) is 2.47. The number of nitrogens with zero attached hydrogens (tertiary/aromatic N) is 1. The van der Waals surface area contributed by atoms with E-state index in [9.17, 15) is 19.7 Å². The van der Waals surface area contributed by atoms with E-state index in [0.717, 1.165) is 0 Å². The van der Waals surface area contributed by atoms with Gasteiger partial charge in [-0.2, -0.15) is 0 Å². The van der Waals surface area contributed by atoms with Gasteiger partial charge in [-0.3, -0.25) is 19.7 Å². The van der Waals surface area contributed by atoms with Crippen LogP contribution in [0.3, 0.4) is 0 Å². The number of rotatable bonds is 7. The van der Waals surface area contributed by atoms with E-state index in [4.69, 9.17) is 5.11 Å². The van der Waals surface area contributed by atoms with Crippen molar-refractivity contribution in [2.24, 2.45) is 0 Å². The third-order valence-corrected chi connectivity index (χ3v) is 2.47. The molecule has 0 aliphatic heterocycles. The topological polar surface area (TPSA) is 110 Å². The zero-order chi connectivity index (χ0) is 14.4. The van der Waals surface area contributed by atoms with Crippen LogP contribution in [0.1, 0.15) is 30.1 Å². The Kier molecular flexibility index (Phi) is 4.99. The van der Waals surface area contributed by atoms with Crippen LogP contribution in [-0.4, -0.2) is 28.3 Å². The van der Waals surface area contributed by atoms with Gasteiger partial charge in [0.1, 0.15) is 0 Å². The molecule has 1 aromatic rings. The van der Waals surface area contributed by atoms with Crippen LogP contribution in [-0.2, 0) is 4.79 Å². The molecule has 0 bridgehead atoms. The predicted molar refractivity (Wildman–Crippen MR) is 68.5 cm³/mol. The summed E-state index contributed by atoms with van der Waals surface area (Å²) in [7, 11) is 0. The molecule has 1 aromatic carbocycles. The smallest absolute Gasteiger partial charge is 0.303 e. The van der Waals surface area contributed by atoms with E-state index in [1.54, 1.807) is 0 Å². The molecule has 0 unspecified atom stereocenters. The molecule has 0 amide bonds. The van der Waals surface area contributed by atoms with Crippen molar-refractivity contribution in [2.75, 3.05) is 11.9 Å². The van der Waals surface area contributed by atoms with Crippen LogP contribution < -0.4 is 5.32 Å². The quantitative estimate of drug-likeness (QED) is 0.338. The fourth-order valence-corrected chi connectivity index (χ4v) is 1.56. The highest BCUT2D eigenvalue weighted by Crippen LogP contribution is 2.23. The number of carbonyl (C=O) groups excluding carboxylic acids is 1. The number of nitrogens with one attached hydrogen (secondary N) is 1. The first-order valence-electron chi connectivity index (χ1n) is 5.67. The minimum Gasteiger partial charge on any atom is -0.481 e. The van der Waals surface area contributed by atoms with Gasteiger partial charge in [-0.1, -0.05) is 0 Å². The number of carbonyl (C=O) groups is 2. The van der Waals surface area contributed by atoms with E-state index >= 15 is 0 Å². The molecule has 0 saturated heterocycles. The van der Waals surface area contributed by atoms with Gasteiger partial charge in [-0.05, 0) is 25.5 Å². The second kappa shape index (κ2) is 6.48. The molecule has 7 nitrogen and oxygen atoms in total. The van der Waals surface area contributed by atoms with E-state index in [-0.39, 0.29) is 23.5 Å². The summed E-state index contributed by atoms with van der Waals surface area (Å²) >= 11 is 0. The molecule has 19 heavy (non-hydrogen) atoms. The summed E-state index contributed by atoms with van der Waals surface area (Å²) in [4.78, 5) is 31.8. The number of nitro groups is 1. The second-order valence-corrected chi connectivity index (χ2v) is 3.97. The van der Waals surface area contributed by atoms with Gasteiger partial charge >= 0.3 is 5.97 Å². The SMILES string of the molecule is CC(=O)c1cc(NCCCC(=O)O)ccc1[N+](=O)[O-]. The van der Waals surface area contributed by atoms with Gasteiger partial charge in [0.15, 0.2) is 5.78 Å². The fourth-order valence-electron chi connectivity index (χ4n) is 1.56. The van der Waals surface area contributed by atoms with Gasteiger partial charge in [0.2, 0.25) is 0 Å². The van der Waals surface area contributed by atoms with Crippen LogP contribution in [0.4, 0.5) is 11.4 Å². The number of carboxylic acid groups (broad SMARTS) is 1. The average molecular weight is 266 g/mol. The summed E-state index contributed by atoms with van der Waals surface area (Å²) in [6, 6.07) is 4.16. The Bertz CT molecular complexity index is 513.